The van der Waals surface area contributed by atoms with Gasteiger partial charge in [-0.05, 0) is 31.7 Å². The standard InChI is InChI=1S/C16H19N3O4/c1-9-4-6-21-14(9)16(20)19-5-3-11-7-12(22-13(11)8-19)15-17-10(2)23-18-15/h4,6,11-13H,3,5,7-8H2,1-2H3/t11-,12-,13+/m0/s1. The maximum Gasteiger partial charge on any atom is 0.289 e. The van der Waals surface area contributed by atoms with Gasteiger partial charge < -0.3 is 18.6 Å². The van der Waals surface area contributed by atoms with Gasteiger partial charge in [0.05, 0.1) is 12.4 Å². The Hall–Kier alpha value is -2.15. The van der Waals surface area contributed by atoms with Gasteiger partial charge in [0, 0.05) is 25.6 Å². The number of carbonyl (C=O) groups excluding carboxylic acids is 1. The van der Waals surface area contributed by atoms with Gasteiger partial charge in [0.15, 0.2) is 5.76 Å². The molecule has 4 heterocycles. The number of piperidine rings is 1. The van der Waals surface area contributed by atoms with E-state index in [1.807, 2.05) is 11.8 Å². The van der Waals surface area contributed by atoms with Crippen molar-refractivity contribution >= 4 is 5.91 Å². The number of ether oxygens (including phenoxy) is 1. The van der Waals surface area contributed by atoms with Crippen LogP contribution >= 0.6 is 0 Å². The van der Waals surface area contributed by atoms with Gasteiger partial charge in [0.2, 0.25) is 11.7 Å². The molecule has 0 N–H and O–H groups in total. The summed E-state index contributed by atoms with van der Waals surface area (Å²) in [6, 6.07) is 1.81. The molecule has 2 aliphatic rings. The third kappa shape index (κ3) is 2.55. The number of furan rings is 1. The summed E-state index contributed by atoms with van der Waals surface area (Å²) in [5.41, 5.74) is 0.865. The van der Waals surface area contributed by atoms with Gasteiger partial charge in [-0.2, -0.15) is 4.98 Å². The maximum absolute atomic E-state index is 12.6. The minimum Gasteiger partial charge on any atom is -0.459 e. The number of fused-ring (bicyclic) bond motifs is 1. The zero-order chi connectivity index (χ0) is 16.0. The van der Waals surface area contributed by atoms with Crippen LogP contribution in [0.4, 0.5) is 0 Å². The van der Waals surface area contributed by atoms with Crippen molar-refractivity contribution in [3.8, 4) is 0 Å². The molecule has 7 nitrogen and oxygen atoms in total. The molecule has 3 atom stereocenters. The summed E-state index contributed by atoms with van der Waals surface area (Å²) in [4.78, 5) is 18.6. The molecule has 0 spiro atoms. The second kappa shape index (κ2) is 5.49. The molecule has 2 aromatic heterocycles. The van der Waals surface area contributed by atoms with Crippen molar-refractivity contribution in [3.63, 3.8) is 0 Å². The number of hydrogen-bond acceptors (Lipinski definition) is 6. The van der Waals surface area contributed by atoms with Crippen molar-refractivity contribution in [1.82, 2.24) is 15.0 Å². The van der Waals surface area contributed by atoms with E-state index in [-0.39, 0.29) is 18.1 Å². The predicted octanol–water partition coefficient (Wildman–Crippen LogP) is 2.27. The fourth-order valence-electron chi connectivity index (χ4n) is 3.46. The Balaban J connectivity index is 1.45. The lowest BCUT2D eigenvalue weighted by molar-refractivity contribution is -0.00826. The van der Waals surface area contributed by atoms with Crippen molar-refractivity contribution in [3.05, 3.63) is 35.4 Å². The van der Waals surface area contributed by atoms with Crippen molar-refractivity contribution in [1.29, 1.82) is 0 Å². The highest BCUT2D eigenvalue weighted by Crippen LogP contribution is 2.40. The van der Waals surface area contributed by atoms with Crippen LogP contribution in [0.15, 0.2) is 21.3 Å². The zero-order valence-corrected chi connectivity index (χ0v) is 13.2. The lowest BCUT2D eigenvalue weighted by Gasteiger charge is -2.33. The number of amides is 1. The van der Waals surface area contributed by atoms with Gasteiger partial charge in [-0.15, -0.1) is 0 Å². The van der Waals surface area contributed by atoms with E-state index < -0.39 is 0 Å². The molecule has 2 saturated heterocycles. The van der Waals surface area contributed by atoms with Crippen LogP contribution in [-0.2, 0) is 4.74 Å². The largest absolute Gasteiger partial charge is 0.459 e. The number of aryl methyl sites for hydroxylation is 2. The Kier molecular flexibility index (Phi) is 3.45. The Labute approximate surface area is 133 Å². The van der Waals surface area contributed by atoms with E-state index in [4.69, 9.17) is 13.7 Å². The van der Waals surface area contributed by atoms with Crippen molar-refractivity contribution in [2.45, 2.75) is 38.9 Å². The fraction of sp³-hybridized carbons (Fsp3) is 0.562. The quantitative estimate of drug-likeness (QED) is 0.845. The Bertz CT molecular complexity index is 722. The van der Waals surface area contributed by atoms with E-state index in [1.165, 1.54) is 0 Å². The Morgan fingerprint density at radius 1 is 1.39 bits per heavy atom. The molecule has 0 saturated carbocycles. The summed E-state index contributed by atoms with van der Waals surface area (Å²) < 4.78 is 16.4. The van der Waals surface area contributed by atoms with Crippen LogP contribution in [0.25, 0.3) is 0 Å². The molecule has 0 bridgehead atoms. The summed E-state index contributed by atoms with van der Waals surface area (Å²) in [6.45, 7) is 4.95. The lowest BCUT2D eigenvalue weighted by atomic mass is 9.91. The van der Waals surface area contributed by atoms with E-state index in [9.17, 15) is 4.79 Å². The average molecular weight is 317 g/mol. The molecule has 0 radical (unpaired) electrons. The number of carbonyl (C=O) groups is 1. The molecule has 2 aromatic rings. The molecule has 0 aromatic carbocycles. The summed E-state index contributed by atoms with van der Waals surface area (Å²) in [7, 11) is 0. The minimum atomic E-state index is -0.136. The van der Waals surface area contributed by atoms with E-state index in [0.29, 0.717) is 29.9 Å². The van der Waals surface area contributed by atoms with Crippen LogP contribution in [0, 0.1) is 19.8 Å². The number of hydrogen-bond donors (Lipinski definition) is 0. The topological polar surface area (TPSA) is 81.6 Å². The van der Waals surface area contributed by atoms with E-state index >= 15 is 0 Å². The van der Waals surface area contributed by atoms with Gasteiger partial charge in [0.25, 0.3) is 5.91 Å². The maximum atomic E-state index is 12.6. The SMILES string of the molecule is Cc1nc([C@@H]2C[C@@H]3CCN(C(=O)c4occc4C)C[C@H]3O2)no1. The van der Waals surface area contributed by atoms with Gasteiger partial charge >= 0.3 is 0 Å². The lowest BCUT2D eigenvalue weighted by Crippen LogP contribution is -2.45. The Morgan fingerprint density at radius 3 is 2.96 bits per heavy atom. The molecular formula is C16H19N3O4. The zero-order valence-electron chi connectivity index (χ0n) is 13.2. The average Bonchev–Trinajstić information content (AvgIpc) is 3.24. The Morgan fingerprint density at radius 2 is 2.26 bits per heavy atom. The monoisotopic (exact) mass is 317 g/mol. The number of rotatable bonds is 2. The first-order chi connectivity index (χ1) is 11.1. The van der Waals surface area contributed by atoms with Crippen LogP contribution in [0.2, 0.25) is 0 Å². The molecule has 1 amide bonds. The van der Waals surface area contributed by atoms with E-state index in [0.717, 1.165) is 24.9 Å². The molecule has 2 aliphatic heterocycles. The summed E-state index contributed by atoms with van der Waals surface area (Å²) >= 11 is 0. The molecule has 23 heavy (non-hydrogen) atoms. The molecular weight excluding hydrogens is 298 g/mol. The first-order valence-corrected chi connectivity index (χ1v) is 7.91. The number of likely N-dealkylation sites (tertiary alicyclic amines) is 1. The van der Waals surface area contributed by atoms with Crippen LogP contribution < -0.4 is 0 Å². The molecule has 4 rings (SSSR count). The molecule has 0 aliphatic carbocycles. The molecule has 0 unspecified atom stereocenters. The van der Waals surface area contributed by atoms with Crippen LogP contribution in [0.3, 0.4) is 0 Å². The summed E-state index contributed by atoms with van der Waals surface area (Å²) in [5.74, 6) is 1.95. The summed E-state index contributed by atoms with van der Waals surface area (Å²) in [5, 5.41) is 3.96. The molecule has 2 fully saturated rings. The highest BCUT2D eigenvalue weighted by atomic mass is 16.5. The van der Waals surface area contributed by atoms with Crippen molar-refractivity contribution in [2.75, 3.05) is 13.1 Å². The molecule has 7 heteroatoms. The number of nitrogens with zero attached hydrogens (tertiary/aromatic N) is 3. The highest BCUT2D eigenvalue weighted by molar-refractivity contribution is 5.92. The first-order valence-electron chi connectivity index (χ1n) is 7.91. The van der Waals surface area contributed by atoms with Crippen molar-refractivity contribution in [2.24, 2.45) is 5.92 Å². The second-order valence-electron chi connectivity index (χ2n) is 6.30. The minimum absolute atomic E-state index is 0.0202. The van der Waals surface area contributed by atoms with E-state index in [1.54, 1.807) is 19.3 Å². The fourth-order valence-corrected chi connectivity index (χ4v) is 3.46. The molecule has 122 valence electrons. The third-order valence-electron chi connectivity index (χ3n) is 4.73. The van der Waals surface area contributed by atoms with Gasteiger partial charge in [-0.25, -0.2) is 0 Å². The third-order valence-corrected chi connectivity index (χ3v) is 4.73. The first kappa shape index (κ1) is 14.4. The van der Waals surface area contributed by atoms with Crippen LogP contribution in [-0.4, -0.2) is 40.1 Å². The van der Waals surface area contributed by atoms with Crippen LogP contribution in [0.1, 0.15) is 46.8 Å². The second-order valence-corrected chi connectivity index (χ2v) is 6.30. The highest BCUT2D eigenvalue weighted by Gasteiger charge is 2.42. The number of aromatic nitrogens is 2. The smallest absolute Gasteiger partial charge is 0.289 e. The summed E-state index contributed by atoms with van der Waals surface area (Å²) in [6.07, 6.45) is 3.24. The van der Waals surface area contributed by atoms with Gasteiger partial charge in [-0.1, -0.05) is 5.16 Å². The normalized spacial score (nSPS) is 27.2. The van der Waals surface area contributed by atoms with Gasteiger partial charge in [0.1, 0.15) is 6.10 Å². The van der Waals surface area contributed by atoms with E-state index in [2.05, 4.69) is 10.1 Å². The van der Waals surface area contributed by atoms with Crippen molar-refractivity contribution < 1.29 is 18.5 Å². The van der Waals surface area contributed by atoms with Gasteiger partial charge in [-0.3, -0.25) is 4.79 Å². The van der Waals surface area contributed by atoms with Crippen LogP contribution in [0.5, 0.6) is 0 Å². The predicted molar refractivity (Wildman–Crippen MR) is 78.7 cm³/mol.